The van der Waals surface area contributed by atoms with E-state index >= 15 is 0 Å². The van der Waals surface area contributed by atoms with Crippen molar-refractivity contribution in [2.24, 2.45) is 11.3 Å². The molecule has 1 aromatic carbocycles. The van der Waals surface area contributed by atoms with Crippen LogP contribution in [0.4, 0.5) is 0 Å². The third-order valence-corrected chi connectivity index (χ3v) is 4.83. The molecule has 2 atom stereocenters. The summed E-state index contributed by atoms with van der Waals surface area (Å²) in [7, 11) is 0. The molecule has 2 N–H and O–H groups in total. The Hall–Kier alpha value is -1.06. The van der Waals surface area contributed by atoms with Gasteiger partial charge in [-0.3, -0.25) is 4.79 Å². The number of halogens is 1. The van der Waals surface area contributed by atoms with Crippen LogP contribution in [0.15, 0.2) is 24.3 Å². The summed E-state index contributed by atoms with van der Waals surface area (Å²) in [5.41, 5.74) is 0.675. The number of rotatable bonds is 4. The fourth-order valence-electron chi connectivity index (χ4n) is 2.90. The van der Waals surface area contributed by atoms with Crippen LogP contribution in [-0.2, 0) is 4.79 Å². The maximum absolute atomic E-state index is 12.7. The van der Waals surface area contributed by atoms with E-state index in [1.165, 1.54) is 0 Å². The molecule has 1 heterocycles. The van der Waals surface area contributed by atoms with Crippen molar-refractivity contribution in [1.82, 2.24) is 10.6 Å². The minimum Gasteiger partial charge on any atom is -0.349 e. The van der Waals surface area contributed by atoms with Gasteiger partial charge in [0.1, 0.15) is 0 Å². The zero-order valence-electron chi connectivity index (χ0n) is 13.1. The lowest BCUT2D eigenvalue weighted by Gasteiger charge is -2.36. The zero-order valence-corrected chi connectivity index (χ0v) is 13.8. The van der Waals surface area contributed by atoms with Crippen LogP contribution in [0.1, 0.15) is 45.2 Å². The van der Waals surface area contributed by atoms with Crippen molar-refractivity contribution in [2.75, 3.05) is 13.1 Å². The van der Waals surface area contributed by atoms with Gasteiger partial charge in [-0.1, -0.05) is 37.6 Å². The first-order valence-electron chi connectivity index (χ1n) is 7.68. The van der Waals surface area contributed by atoms with E-state index in [1.54, 1.807) is 0 Å². The van der Waals surface area contributed by atoms with E-state index < -0.39 is 0 Å². The highest BCUT2D eigenvalue weighted by Gasteiger charge is 2.37. The van der Waals surface area contributed by atoms with Crippen LogP contribution in [0, 0.1) is 11.3 Å². The maximum Gasteiger partial charge on any atom is 0.226 e. The standard InChI is InChI=1S/C17H25ClN2O/c1-12(13-6-4-8-15(18)10-13)20-16(21)17(2,3)14-7-5-9-19-11-14/h4,6,8,10,12,14,19H,5,7,9,11H2,1-3H3,(H,20,21). The Morgan fingerprint density at radius 2 is 2.24 bits per heavy atom. The average Bonchev–Trinajstić information content (AvgIpc) is 2.48. The molecule has 1 saturated heterocycles. The van der Waals surface area contributed by atoms with E-state index in [-0.39, 0.29) is 17.4 Å². The van der Waals surface area contributed by atoms with Crippen molar-refractivity contribution in [3.63, 3.8) is 0 Å². The molecule has 1 amide bonds. The molecule has 116 valence electrons. The number of hydrogen-bond donors (Lipinski definition) is 2. The van der Waals surface area contributed by atoms with E-state index in [9.17, 15) is 4.79 Å². The third kappa shape index (κ3) is 3.98. The van der Waals surface area contributed by atoms with E-state index in [0.29, 0.717) is 10.9 Å². The minimum atomic E-state index is -0.361. The molecular weight excluding hydrogens is 284 g/mol. The summed E-state index contributed by atoms with van der Waals surface area (Å²) < 4.78 is 0. The zero-order chi connectivity index (χ0) is 15.5. The Labute approximate surface area is 132 Å². The molecule has 1 aliphatic heterocycles. The van der Waals surface area contributed by atoms with Crippen LogP contribution in [-0.4, -0.2) is 19.0 Å². The second-order valence-electron chi connectivity index (χ2n) is 6.52. The Bertz CT molecular complexity index is 495. The van der Waals surface area contributed by atoms with Crippen molar-refractivity contribution in [2.45, 2.75) is 39.7 Å². The van der Waals surface area contributed by atoms with Gasteiger partial charge in [-0.05, 0) is 56.5 Å². The van der Waals surface area contributed by atoms with E-state index in [4.69, 9.17) is 11.6 Å². The first-order valence-corrected chi connectivity index (χ1v) is 8.06. The first-order chi connectivity index (χ1) is 9.91. The predicted molar refractivity (Wildman–Crippen MR) is 87.4 cm³/mol. The van der Waals surface area contributed by atoms with Gasteiger partial charge in [-0.25, -0.2) is 0 Å². The lowest BCUT2D eigenvalue weighted by Crippen LogP contribution is -2.47. The van der Waals surface area contributed by atoms with Gasteiger partial charge in [0.05, 0.1) is 6.04 Å². The number of nitrogens with one attached hydrogen (secondary N) is 2. The molecule has 3 nitrogen and oxygen atoms in total. The molecular formula is C17H25ClN2O. The van der Waals surface area contributed by atoms with Gasteiger partial charge in [-0.2, -0.15) is 0 Å². The van der Waals surface area contributed by atoms with E-state index in [0.717, 1.165) is 31.5 Å². The highest BCUT2D eigenvalue weighted by Crippen LogP contribution is 2.32. The van der Waals surface area contributed by atoms with Crippen LogP contribution in [0.2, 0.25) is 5.02 Å². The van der Waals surface area contributed by atoms with Gasteiger partial charge in [0.15, 0.2) is 0 Å². The van der Waals surface area contributed by atoms with Gasteiger partial charge >= 0.3 is 0 Å². The molecule has 1 aromatic rings. The number of carbonyl (C=O) groups is 1. The molecule has 0 aromatic heterocycles. The highest BCUT2D eigenvalue weighted by atomic mass is 35.5. The Kier molecular flexibility index (Phi) is 5.28. The van der Waals surface area contributed by atoms with E-state index in [2.05, 4.69) is 10.6 Å². The highest BCUT2D eigenvalue weighted by molar-refractivity contribution is 6.30. The molecule has 0 aliphatic carbocycles. The number of carbonyl (C=O) groups excluding carboxylic acids is 1. The lowest BCUT2D eigenvalue weighted by molar-refractivity contribution is -0.133. The Morgan fingerprint density at radius 1 is 1.48 bits per heavy atom. The van der Waals surface area contributed by atoms with E-state index in [1.807, 2.05) is 45.0 Å². The quantitative estimate of drug-likeness (QED) is 0.893. The van der Waals surface area contributed by atoms with Crippen molar-refractivity contribution >= 4 is 17.5 Å². The SMILES string of the molecule is CC(NC(=O)C(C)(C)C1CCCNC1)c1cccc(Cl)c1. The van der Waals surface area contributed by atoms with Crippen molar-refractivity contribution in [3.05, 3.63) is 34.9 Å². The molecule has 0 bridgehead atoms. The van der Waals surface area contributed by atoms with Crippen LogP contribution < -0.4 is 10.6 Å². The topological polar surface area (TPSA) is 41.1 Å². The van der Waals surface area contributed by atoms with Gasteiger partial charge in [0.25, 0.3) is 0 Å². The Morgan fingerprint density at radius 3 is 2.86 bits per heavy atom. The van der Waals surface area contributed by atoms with Crippen LogP contribution in [0.25, 0.3) is 0 Å². The Balaban J connectivity index is 2.02. The molecule has 2 rings (SSSR count). The number of benzene rings is 1. The van der Waals surface area contributed by atoms with Gasteiger partial charge in [0, 0.05) is 10.4 Å². The number of hydrogen-bond acceptors (Lipinski definition) is 2. The summed E-state index contributed by atoms with van der Waals surface area (Å²) in [6, 6.07) is 7.62. The summed E-state index contributed by atoms with van der Waals surface area (Å²) in [5, 5.41) is 7.22. The fourth-order valence-corrected chi connectivity index (χ4v) is 3.09. The average molecular weight is 309 g/mol. The van der Waals surface area contributed by atoms with Crippen LogP contribution >= 0.6 is 11.6 Å². The van der Waals surface area contributed by atoms with Crippen molar-refractivity contribution < 1.29 is 4.79 Å². The predicted octanol–water partition coefficient (Wildman–Crippen LogP) is 3.54. The minimum absolute atomic E-state index is 0.0352. The molecule has 1 fully saturated rings. The molecule has 0 spiro atoms. The summed E-state index contributed by atoms with van der Waals surface area (Å²) in [6.07, 6.45) is 2.25. The van der Waals surface area contributed by atoms with Gasteiger partial charge < -0.3 is 10.6 Å². The third-order valence-electron chi connectivity index (χ3n) is 4.60. The number of amides is 1. The van der Waals surface area contributed by atoms with Crippen LogP contribution in [0.3, 0.4) is 0 Å². The molecule has 21 heavy (non-hydrogen) atoms. The summed E-state index contributed by atoms with van der Waals surface area (Å²) in [6.45, 7) is 8.08. The summed E-state index contributed by atoms with van der Waals surface area (Å²) in [4.78, 5) is 12.7. The molecule has 0 radical (unpaired) electrons. The second-order valence-corrected chi connectivity index (χ2v) is 6.95. The number of piperidine rings is 1. The maximum atomic E-state index is 12.7. The molecule has 2 unspecified atom stereocenters. The smallest absolute Gasteiger partial charge is 0.226 e. The molecule has 4 heteroatoms. The summed E-state index contributed by atoms with van der Waals surface area (Å²) >= 11 is 6.02. The normalized spacial score (nSPS) is 20.9. The molecule has 1 aliphatic rings. The molecule has 0 saturated carbocycles. The summed E-state index contributed by atoms with van der Waals surface area (Å²) in [5.74, 6) is 0.501. The monoisotopic (exact) mass is 308 g/mol. The fraction of sp³-hybridized carbons (Fsp3) is 0.588. The lowest BCUT2D eigenvalue weighted by atomic mass is 9.74. The largest absolute Gasteiger partial charge is 0.349 e. The van der Waals surface area contributed by atoms with Crippen LogP contribution in [0.5, 0.6) is 0 Å². The van der Waals surface area contributed by atoms with Gasteiger partial charge in [0.2, 0.25) is 5.91 Å². The van der Waals surface area contributed by atoms with Crippen molar-refractivity contribution in [1.29, 1.82) is 0 Å². The van der Waals surface area contributed by atoms with Gasteiger partial charge in [-0.15, -0.1) is 0 Å². The van der Waals surface area contributed by atoms with Crippen molar-refractivity contribution in [3.8, 4) is 0 Å². The first kappa shape index (κ1) is 16.3. The second kappa shape index (κ2) is 6.80.